The Morgan fingerprint density at radius 3 is 2.33 bits per heavy atom. The third kappa shape index (κ3) is 2.11. The Morgan fingerprint density at radius 2 is 2.22 bits per heavy atom. The molecule has 0 aliphatic rings. The fourth-order valence-electron chi connectivity index (χ4n) is 0.284. The fourth-order valence-corrected chi connectivity index (χ4v) is 0.284. The van der Waals surface area contributed by atoms with E-state index in [9.17, 15) is 4.79 Å². The Labute approximate surface area is 52.3 Å². The number of aliphatic carboxylic acids is 1. The zero-order valence-corrected chi connectivity index (χ0v) is 4.90. The van der Waals surface area contributed by atoms with Crippen molar-refractivity contribution >= 4 is 5.97 Å². The summed E-state index contributed by atoms with van der Waals surface area (Å²) >= 11 is 0. The van der Waals surface area contributed by atoms with Crippen molar-refractivity contribution < 1.29 is 15.0 Å². The van der Waals surface area contributed by atoms with Crippen LogP contribution in [-0.2, 0) is 4.79 Å². The highest BCUT2D eigenvalue weighted by Crippen LogP contribution is 1.99. The van der Waals surface area contributed by atoms with Gasteiger partial charge in [0, 0.05) is 0 Å². The van der Waals surface area contributed by atoms with Gasteiger partial charge in [0.1, 0.15) is 0 Å². The minimum Gasteiger partial charge on any atom is -0.479 e. The van der Waals surface area contributed by atoms with Crippen molar-refractivity contribution in [3.05, 3.63) is 0 Å². The van der Waals surface area contributed by atoms with Gasteiger partial charge in [0.05, 0.1) is 12.0 Å². The molecule has 50 valence electrons. The summed E-state index contributed by atoms with van der Waals surface area (Å²) in [7, 11) is 0. The number of carbonyl (C=O) groups is 1. The number of nitrogens with zero attached hydrogens (tertiary/aromatic N) is 1. The van der Waals surface area contributed by atoms with Gasteiger partial charge < -0.3 is 10.2 Å². The Kier molecular flexibility index (Phi) is 2.68. The van der Waals surface area contributed by atoms with Crippen LogP contribution in [0.5, 0.6) is 0 Å². The minimum atomic E-state index is -1.56. The van der Waals surface area contributed by atoms with Crippen molar-refractivity contribution in [2.24, 2.45) is 5.92 Å². The van der Waals surface area contributed by atoms with Gasteiger partial charge in [-0.1, -0.05) is 0 Å². The molecule has 0 bridgehead atoms. The lowest BCUT2D eigenvalue weighted by atomic mass is 10.1. The van der Waals surface area contributed by atoms with Gasteiger partial charge in [0.2, 0.25) is 0 Å². The monoisotopic (exact) mass is 129 g/mol. The van der Waals surface area contributed by atoms with Gasteiger partial charge in [-0.15, -0.1) is 0 Å². The third-order valence-corrected chi connectivity index (χ3v) is 0.930. The molecule has 2 atom stereocenters. The third-order valence-electron chi connectivity index (χ3n) is 0.930. The van der Waals surface area contributed by atoms with Crippen molar-refractivity contribution in [3.63, 3.8) is 0 Å². The number of aliphatic hydroxyl groups is 1. The Hall–Kier alpha value is -1.08. The van der Waals surface area contributed by atoms with Gasteiger partial charge in [-0.25, -0.2) is 4.79 Å². The van der Waals surface area contributed by atoms with E-state index in [-0.39, 0.29) is 0 Å². The topological polar surface area (TPSA) is 81.3 Å². The minimum absolute atomic E-state index is 0.845. The summed E-state index contributed by atoms with van der Waals surface area (Å²) in [6.45, 7) is 1.35. The molecule has 4 heteroatoms. The molecule has 0 aromatic rings. The van der Waals surface area contributed by atoms with Crippen LogP contribution in [0.15, 0.2) is 0 Å². The quantitative estimate of drug-likeness (QED) is 0.531. The normalized spacial score (nSPS) is 15.7. The molecule has 0 radical (unpaired) electrons. The molecular formula is C5H7NO3. The second-order valence-electron chi connectivity index (χ2n) is 1.70. The Morgan fingerprint density at radius 1 is 1.78 bits per heavy atom. The first kappa shape index (κ1) is 7.92. The summed E-state index contributed by atoms with van der Waals surface area (Å²) < 4.78 is 0. The van der Waals surface area contributed by atoms with E-state index < -0.39 is 18.0 Å². The molecule has 2 unspecified atom stereocenters. The summed E-state index contributed by atoms with van der Waals surface area (Å²) in [6.07, 6.45) is -1.56. The number of hydrogen-bond donors (Lipinski definition) is 2. The first-order chi connectivity index (χ1) is 4.09. The molecule has 0 aromatic carbocycles. The molecule has 4 nitrogen and oxygen atoms in total. The highest BCUT2D eigenvalue weighted by Gasteiger charge is 2.20. The van der Waals surface area contributed by atoms with E-state index in [1.165, 1.54) is 6.92 Å². The number of aliphatic hydroxyl groups excluding tert-OH is 1. The zero-order valence-electron chi connectivity index (χ0n) is 4.90. The first-order valence-electron chi connectivity index (χ1n) is 2.40. The highest BCUT2D eigenvalue weighted by atomic mass is 16.4. The van der Waals surface area contributed by atoms with Crippen LogP contribution in [0.4, 0.5) is 0 Å². The molecule has 0 aliphatic heterocycles. The highest BCUT2D eigenvalue weighted by molar-refractivity contribution is 5.72. The van der Waals surface area contributed by atoms with Gasteiger partial charge in [0.15, 0.2) is 6.10 Å². The van der Waals surface area contributed by atoms with E-state index in [4.69, 9.17) is 15.5 Å². The Balaban J connectivity index is 3.91. The molecule has 0 saturated carbocycles. The zero-order chi connectivity index (χ0) is 7.44. The molecule has 0 spiro atoms. The largest absolute Gasteiger partial charge is 0.479 e. The van der Waals surface area contributed by atoms with Crippen molar-refractivity contribution in [2.75, 3.05) is 0 Å². The van der Waals surface area contributed by atoms with Gasteiger partial charge >= 0.3 is 5.97 Å². The van der Waals surface area contributed by atoms with Crippen molar-refractivity contribution in [3.8, 4) is 6.07 Å². The second-order valence-corrected chi connectivity index (χ2v) is 1.70. The van der Waals surface area contributed by atoms with Crippen LogP contribution in [0.1, 0.15) is 6.92 Å². The summed E-state index contributed by atoms with van der Waals surface area (Å²) in [6, 6.07) is 1.62. The van der Waals surface area contributed by atoms with Gasteiger partial charge in [-0.3, -0.25) is 0 Å². The lowest BCUT2D eigenvalue weighted by Crippen LogP contribution is -2.26. The molecule has 2 N–H and O–H groups in total. The smallest absolute Gasteiger partial charge is 0.333 e. The standard InChI is InChI=1S/C5H7NO3/c1-3(2-6)4(7)5(8)9/h3-4,7H,1H3,(H,8,9). The fraction of sp³-hybridized carbons (Fsp3) is 0.600. The summed E-state index contributed by atoms with van der Waals surface area (Å²) in [4.78, 5) is 9.90. The van der Waals surface area contributed by atoms with E-state index >= 15 is 0 Å². The first-order valence-corrected chi connectivity index (χ1v) is 2.40. The van der Waals surface area contributed by atoms with Crippen LogP contribution in [0.25, 0.3) is 0 Å². The molecule has 0 amide bonds. The van der Waals surface area contributed by atoms with Crippen LogP contribution in [0.2, 0.25) is 0 Å². The maximum Gasteiger partial charge on any atom is 0.333 e. The average molecular weight is 129 g/mol. The van der Waals surface area contributed by atoms with Crippen LogP contribution in [0, 0.1) is 17.2 Å². The van der Waals surface area contributed by atoms with Gasteiger partial charge in [-0.05, 0) is 6.92 Å². The summed E-state index contributed by atoms with van der Waals surface area (Å²) in [5.41, 5.74) is 0. The lowest BCUT2D eigenvalue weighted by Gasteiger charge is -2.04. The predicted molar refractivity (Wildman–Crippen MR) is 28.4 cm³/mol. The van der Waals surface area contributed by atoms with Crippen LogP contribution >= 0.6 is 0 Å². The molecular weight excluding hydrogens is 122 g/mol. The molecule has 9 heavy (non-hydrogen) atoms. The van der Waals surface area contributed by atoms with Crippen LogP contribution < -0.4 is 0 Å². The number of carboxylic acids is 1. The van der Waals surface area contributed by atoms with E-state index in [1.54, 1.807) is 6.07 Å². The maximum absolute atomic E-state index is 9.90. The molecule has 0 heterocycles. The van der Waals surface area contributed by atoms with Crippen molar-refractivity contribution in [2.45, 2.75) is 13.0 Å². The lowest BCUT2D eigenvalue weighted by molar-refractivity contribution is -0.148. The van der Waals surface area contributed by atoms with Gasteiger partial charge in [-0.2, -0.15) is 5.26 Å². The van der Waals surface area contributed by atoms with E-state index in [1.807, 2.05) is 0 Å². The second kappa shape index (κ2) is 3.05. The Bertz CT molecular complexity index is 149. The van der Waals surface area contributed by atoms with E-state index in [0.717, 1.165) is 0 Å². The maximum atomic E-state index is 9.90. The molecule has 0 saturated heterocycles. The number of hydrogen-bond acceptors (Lipinski definition) is 3. The van der Waals surface area contributed by atoms with Crippen molar-refractivity contribution in [1.29, 1.82) is 5.26 Å². The molecule has 0 fully saturated rings. The molecule has 0 aromatic heterocycles. The molecule has 0 rings (SSSR count). The molecule has 0 aliphatic carbocycles. The number of carboxylic acid groups (broad SMARTS) is 1. The van der Waals surface area contributed by atoms with E-state index in [2.05, 4.69) is 0 Å². The predicted octanol–water partition coefficient (Wildman–Crippen LogP) is -0.408. The average Bonchev–Trinajstić information content (AvgIpc) is 1.84. The SMILES string of the molecule is CC(C#N)C(O)C(=O)O. The van der Waals surface area contributed by atoms with Crippen LogP contribution in [0.3, 0.4) is 0 Å². The number of nitriles is 1. The van der Waals surface area contributed by atoms with E-state index in [0.29, 0.717) is 0 Å². The summed E-state index contributed by atoms with van der Waals surface area (Å²) in [5, 5.41) is 24.7. The summed E-state index contributed by atoms with van der Waals surface area (Å²) in [5.74, 6) is -2.20. The van der Waals surface area contributed by atoms with Crippen molar-refractivity contribution in [1.82, 2.24) is 0 Å². The van der Waals surface area contributed by atoms with Gasteiger partial charge in [0.25, 0.3) is 0 Å². The van der Waals surface area contributed by atoms with Crippen LogP contribution in [-0.4, -0.2) is 22.3 Å². The number of rotatable bonds is 2.